The molecule has 1 atom stereocenters. The SMILES string of the molecule is CCC(C)N(CC)CC(=O)c1ccc(F)cc1F. The lowest BCUT2D eigenvalue weighted by Gasteiger charge is -2.26. The predicted octanol–water partition coefficient (Wildman–Crippen LogP) is 3.27. The van der Waals surface area contributed by atoms with Gasteiger partial charge in [0.15, 0.2) is 5.78 Å². The van der Waals surface area contributed by atoms with Crippen molar-refractivity contribution in [1.29, 1.82) is 0 Å². The van der Waals surface area contributed by atoms with Crippen LogP contribution in [0.3, 0.4) is 0 Å². The van der Waals surface area contributed by atoms with Gasteiger partial charge in [0.2, 0.25) is 0 Å². The molecule has 0 radical (unpaired) electrons. The Hall–Kier alpha value is -1.29. The number of carbonyl (C=O) groups excluding carboxylic acids is 1. The molecule has 0 spiro atoms. The second kappa shape index (κ2) is 6.59. The van der Waals surface area contributed by atoms with E-state index in [9.17, 15) is 13.6 Å². The Morgan fingerprint density at radius 2 is 2.00 bits per heavy atom. The molecule has 0 fully saturated rings. The van der Waals surface area contributed by atoms with Crippen molar-refractivity contribution in [2.24, 2.45) is 0 Å². The molecule has 1 aromatic rings. The van der Waals surface area contributed by atoms with Crippen molar-refractivity contribution in [3.8, 4) is 0 Å². The molecule has 0 N–H and O–H groups in total. The number of nitrogens with zero attached hydrogens (tertiary/aromatic N) is 1. The van der Waals surface area contributed by atoms with E-state index in [1.807, 2.05) is 25.7 Å². The molecular weight excluding hydrogens is 236 g/mol. The highest BCUT2D eigenvalue weighted by Gasteiger charge is 2.18. The molecule has 0 aliphatic heterocycles. The van der Waals surface area contributed by atoms with Crippen LogP contribution in [-0.2, 0) is 0 Å². The van der Waals surface area contributed by atoms with Gasteiger partial charge in [0.05, 0.1) is 12.1 Å². The number of carbonyl (C=O) groups is 1. The monoisotopic (exact) mass is 255 g/mol. The first kappa shape index (κ1) is 14.8. The maximum atomic E-state index is 13.5. The summed E-state index contributed by atoms with van der Waals surface area (Å²) >= 11 is 0. The van der Waals surface area contributed by atoms with Gasteiger partial charge in [0, 0.05) is 12.1 Å². The summed E-state index contributed by atoms with van der Waals surface area (Å²) in [6.07, 6.45) is 0.924. The summed E-state index contributed by atoms with van der Waals surface area (Å²) in [5, 5.41) is 0. The Kier molecular flexibility index (Phi) is 5.41. The number of hydrogen-bond donors (Lipinski definition) is 0. The third kappa shape index (κ3) is 3.60. The first-order chi connectivity index (χ1) is 8.49. The maximum absolute atomic E-state index is 13.5. The summed E-state index contributed by atoms with van der Waals surface area (Å²) in [5.74, 6) is -1.77. The Labute approximate surface area is 107 Å². The van der Waals surface area contributed by atoms with Crippen LogP contribution in [0.25, 0.3) is 0 Å². The maximum Gasteiger partial charge on any atom is 0.179 e. The molecule has 0 amide bonds. The zero-order valence-corrected chi connectivity index (χ0v) is 11.0. The Bertz CT molecular complexity index is 420. The second-order valence-electron chi connectivity index (χ2n) is 4.37. The summed E-state index contributed by atoms with van der Waals surface area (Å²) in [5.41, 5.74) is -0.0434. The average molecular weight is 255 g/mol. The van der Waals surface area contributed by atoms with Crippen molar-refractivity contribution >= 4 is 5.78 Å². The molecule has 4 heteroatoms. The van der Waals surface area contributed by atoms with E-state index in [-0.39, 0.29) is 23.9 Å². The highest BCUT2D eigenvalue weighted by molar-refractivity contribution is 5.97. The molecule has 0 saturated heterocycles. The van der Waals surface area contributed by atoms with Gasteiger partial charge in [0.1, 0.15) is 11.6 Å². The molecule has 100 valence electrons. The molecule has 0 bridgehead atoms. The van der Waals surface area contributed by atoms with E-state index in [0.717, 1.165) is 25.1 Å². The fraction of sp³-hybridized carbons (Fsp3) is 0.500. The van der Waals surface area contributed by atoms with Crippen LogP contribution in [0, 0.1) is 11.6 Å². The number of hydrogen-bond acceptors (Lipinski definition) is 2. The van der Waals surface area contributed by atoms with E-state index < -0.39 is 11.6 Å². The third-order valence-corrected chi connectivity index (χ3v) is 3.20. The van der Waals surface area contributed by atoms with Gasteiger partial charge in [-0.15, -0.1) is 0 Å². The first-order valence-electron chi connectivity index (χ1n) is 6.21. The molecule has 2 nitrogen and oxygen atoms in total. The second-order valence-corrected chi connectivity index (χ2v) is 4.37. The molecule has 0 aliphatic carbocycles. The highest BCUT2D eigenvalue weighted by atomic mass is 19.1. The van der Waals surface area contributed by atoms with E-state index >= 15 is 0 Å². The Morgan fingerprint density at radius 3 is 2.50 bits per heavy atom. The summed E-state index contributed by atoms with van der Waals surface area (Å²) in [6.45, 7) is 6.91. The van der Waals surface area contributed by atoms with Gasteiger partial charge in [-0.3, -0.25) is 9.69 Å². The zero-order valence-electron chi connectivity index (χ0n) is 11.0. The van der Waals surface area contributed by atoms with E-state index in [1.165, 1.54) is 6.07 Å². The van der Waals surface area contributed by atoms with Crippen LogP contribution in [0.5, 0.6) is 0 Å². The quantitative estimate of drug-likeness (QED) is 0.727. The average Bonchev–Trinajstić information content (AvgIpc) is 2.34. The van der Waals surface area contributed by atoms with Gasteiger partial charge in [-0.2, -0.15) is 0 Å². The van der Waals surface area contributed by atoms with Crippen molar-refractivity contribution < 1.29 is 13.6 Å². The van der Waals surface area contributed by atoms with Gasteiger partial charge in [0.25, 0.3) is 0 Å². The lowest BCUT2D eigenvalue weighted by atomic mass is 10.1. The lowest BCUT2D eigenvalue weighted by Crippen LogP contribution is -2.37. The fourth-order valence-corrected chi connectivity index (χ4v) is 1.82. The summed E-state index contributed by atoms with van der Waals surface area (Å²) in [7, 11) is 0. The largest absolute Gasteiger partial charge is 0.293 e. The van der Waals surface area contributed by atoms with Crippen LogP contribution < -0.4 is 0 Å². The third-order valence-electron chi connectivity index (χ3n) is 3.20. The van der Waals surface area contributed by atoms with Gasteiger partial charge in [-0.1, -0.05) is 13.8 Å². The summed E-state index contributed by atoms with van der Waals surface area (Å²) in [4.78, 5) is 13.9. The molecule has 1 rings (SSSR count). The van der Waals surface area contributed by atoms with Crippen molar-refractivity contribution in [3.05, 3.63) is 35.4 Å². The van der Waals surface area contributed by atoms with E-state index in [4.69, 9.17) is 0 Å². The number of likely N-dealkylation sites (N-methyl/N-ethyl adjacent to an activating group) is 1. The number of Topliss-reactive ketones (excluding diaryl/α,β-unsaturated/α-hetero) is 1. The minimum atomic E-state index is -0.791. The van der Waals surface area contributed by atoms with Crippen LogP contribution in [-0.4, -0.2) is 29.8 Å². The smallest absolute Gasteiger partial charge is 0.179 e. The number of ketones is 1. The van der Waals surface area contributed by atoms with Crippen LogP contribution in [0.4, 0.5) is 8.78 Å². The molecule has 0 saturated carbocycles. The number of benzene rings is 1. The standard InChI is InChI=1S/C14H19F2NO/c1-4-10(3)17(5-2)9-14(18)12-7-6-11(15)8-13(12)16/h6-8,10H,4-5,9H2,1-3H3. The molecule has 0 aromatic heterocycles. The van der Waals surface area contributed by atoms with Crippen molar-refractivity contribution in [1.82, 2.24) is 4.90 Å². The van der Waals surface area contributed by atoms with Gasteiger partial charge >= 0.3 is 0 Å². The fourth-order valence-electron chi connectivity index (χ4n) is 1.82. The number of rotatable bonds is 6. The van der Waals surface area contributed by atoms with Crippen molar-refractivity contribution in [2.75, 3.05) is 13.1 Å². The lowest BCUT2D eigenvalue weighted by molar-refractivity contribution is 0.0898. The predicted molar refractivity (Wildman–Crippen MR) is 67.7 cm³/mol. The van der Waals surface area contributed by atoms with Crippen LogP contribution >= 0.6 is 0 Å². The van der Waals surface area contributed by atoms with E-state index in [1.54, 1.807) is 0 Å². The molecule has 0 aliphatic rings. The first-order valence-corrected chi connectivity index (χ1v) is 6.21. The summed E-state index contributed by atoms with van der Waals surface area (Å²) in [6, 6.07) is 3.32. The van der Waals surface area contributed by atoms with Crippen LogP contribution in [0.1, 0.15) is 37.6 Å². The molecule has 1 aromatic carbocycles. The minimum Gasteiger partial charge on any atom is -0.293 e. The van der Waals surface area contributed by atoms with Crippen molar-refractivity contribution in [2.45, 2.75) is 33.2 Å². The number of halogens is 2. The zero-order chi connectivity index (χ0) is 13.7. The van der Waals surface area contributed by atoms with Crippen LogP contribution in [0.15, 0.2) is 18.2 Å². The Morgan fingerprint density at radius 1 is 1.33 bits per heavy atom. The minimum absolute atomic E-state index is 0.0434. The topological polar surface area (TPSA) is 20.3 Å². The molecule has 0 heterocycles. The van der Waals surface area contributed by atoms with E-state index in [2.05, 4.69) is 0 Å². The van der Waals surface area contributed by atoms with Gasteiger partial charge in [-0.25, -0.2) is 8.78 Å². The molecule has 18 heavy (non-hydrogen) atoms. The summed E-state index contributed by atoms with van der Waals surface area (Å²) < 4.78 is 26.2. The molecular formula is C14H19F2NO. The molecule has 1 unspecified atom stereocenters. The van der Waals surface area contributed by atoms with Crippen molar-refractivity contribution in [3.63, 3.8) is 0 Å². The Balaban J connectivity index is 2.81. The highest BCUT2D eigenvalue weighted by Crippen LogP contribution is 2.12. The van der Waals surface area contributed by atoms with Gasteiger partial charge in [-0.05, 0) is 32.0 Å². The van der Waals surface area contributed by atoms with E-state index in [0.29, 0.717) is 0 Å². The van der Waals surface area contributed by atoms with Gasteiger partial charge < -0.3 is 0 Å². The normalized spacial score (nSPS) is 12.8. The van der Waals surface area contributed by atoms with Crippen LogP contribution in [0.2, 0.25) is 0 Å².